The van der Waals surface area contributed by atoms with E-state index in [0.717, 1.165) is 18.8 Å². The fraction of sp³-hybridized carbons (Fsp3) is 0.778. The van der Waals surface area contributed by atoms with E-state index in [2.05, 4.69) is 11.5 Å². The van der Waals surface area contributed by atoms with Gasteiger partial charge in [0.15, 0.2) is 0 Å². The molecule has 0 saturated carbocycles. The van der Waals surface area contributed by atoms with Crippen LogP contribution in [-0.4, -0.2) is 49.9 Å². The van der Waals surface area contributed by atoms with Crippen LogP contribution in [0.5, 0.6) is 0 Å². The largest absolute Gasteiger partial charge is 0.378 e. The van der Waals surface area contributed by atoms with Crippen LogP contribution in [0.2, 0.25) is 0 Å². The van der Waals surface area contributed by atoms with Crippen molar-refractivity contribution in [1.82, 2.24) is 4.90 Å². The molecule has 0 aromatic heterocycles. The summed E-state index contributed by atoms with van der Waals surface area (Å²) in [7, 11) is -3.83. The van der Waals surface area contributed by atoms with E-state index in [4.69, 9.17) is 9.29 Å². The van der Waals surface area contributed by atoms with Gasteiger partial charge < -0.3 is 9.64 Å². The first-order chi connectivity index (χ1) is 6.99. The fourth-order valence-corrected chi connectivity index (χ4v) is 2.01. The first kappa shape index (κ1) is 12.5. The van der Waals surface area contributed by atoms with E-state index in [9.17, 15) is 8.42 Å². The lowest BCUT2D eigenvalue weighted by Crippen LogP contribution is -2.35. The molecule has 0 aliphatic carbocycles. The van der Waals surface area contributed by atoms with Crippen molar-refractivity contribution in [2.75, 3.05) is 32.1 Å². The Kier molecular flexibility index (Phi) is 4.56. The number of allylic oxidation sites excluding steroid dienone is 1. The van der Waals surface area contributed by atoms with Crippen molar-refractivity contribution in [3.63, 3.8) is 0 Å². The number of hydrogen-bond donors (Lipinski definition) is 1. The Morgan fingerprint density at radius 3 is 2.53 bits per heavy atom. The van der Waals surface area contributed by atoms with Gasteiger partial charge in [-0.25, -0.2) is 0 Å². The Morgan fingerprint density at radius 1 is 1.40 bits per heavy atom. The second kappa shape index (κ2) is 5.48. The molecule has 1 rings (SSSR count). The zero-order valence-corrected chi connectivity index (χ0v) is 9.50. The lowest BCUT2D eigenvalue weighted by molar-refractivity contribution is 0.0523. The first-order valence-corrected chi connectivity index (χ1v) is 6.55. The van der Waals surface area contributed by atoms with Gasteiger partial charge in [0.2, 0.25) is 0 Å². The van der Waals surface area contributed by atoms with Crippen LogP contribution in [0.1, 0.15) is 12.8 Å². The third-order valence-corrected chi connectivity index (χ3v) is 3.13. The Bertz CT molecular complexity index is 306. The van der Waals surface area contributed by atoms with Gasteiger partial charge in [0.1, 0.15) is 0 Å². The van der Waals surface area contributed by atoms with Crippen molar-refractivity contribution in [3.8, 4) is 0 Å². The Hall–Kier alpha value is -0.590. The molecule has 1 aliphatic rings. The predicted molar refractivity (Wildman–Crippen MR) is 57.2 cm³/mol. The fourth-order valence-electron chi connectivity index (χ4n) is 1.50. The van der Waals surface area contributed by atoms with Crippen LogP contribution < -0.4 is 0 Å². The summed E-state index contributed by atoms with van der Waals surface area (Å²) in [5, 5.41) is 0. The number of morpholine rings is 1. The van der Waals surface area contributed by atoms with Crippen LogP contribution in [0.15, 0.2) is 12.3 Å². The van der Waals surface area contributed by atoms with E-state index in [1.165, 1.54) is 0 Å². The molecule has 1 aliphatic heterocycles. The van der Waals surface area contributed by atoms with Gasteiger partial charge in [0.25, 0.3) is 10.1 Å². The standard InChI is InChI=1S/C9H17NO4S/c1-9(3-2-8-15(11,12)13)10-4-6-14-7-5-10/h1-8H2,(H,11,12,13). The third kappa shape index (κ3) is 5.15. The van der Waals surface area contributed by atoms with Crippen LogP contribution in [-0.2, 0) is 14.9 Å². The topological polar surface area (TPSA) is 66.8 Å². The predicted octanol–water partition coefficient (Wildman–Crippen LogP) is 0.500. The molecular weight excluding hydrogens is 218 g/mol. The summed E-state index contributed by atoms with van der Waals surface area (Å²) in [4.78, 5) is 2.09. The summed E-state index contributed by atoms with van der Waals surface area (Å²) in [5.74, 6) is -0.198. The summed E-state index contributed by atoms with van der Waals surface area (Å²) in [6.07, 6.45) is 1.01. The average molecular weight is 235 g/mol. The maximum Gasteiger partial charge on any atom is 0.264 e. The summed E-state index contributed by atoms with van der Waals surface area (Å²) in [6.45, 7) is 6.90. The number of hydrogen-bond acceptors (Lipinski definition) is 4. The van der Waals surface area contributed by atoms with E-state index >= 15 is 0 Å². The number of nitrogens with zero attached hydrogens (tertiary/aromatic N) is 1. The van der Waals surface area contributed by atoms with E-state index < -0.39 is 10.1 Å². The monoisotopic (exact) mass is 235 g/mol. The molecule has 0 atom stereocenters. The third-order valence-electron chi connectivity index (χ3n) is 2.33. The molecule has 6 heteroatoms. The van der Waals surface area contributed by atoms with Crippen molar-refractivity contribution in [2.24, 2.45) is 0 Å². The van der Waals surface area contributed by atoms with Gasteiger partial charge in [0, 0.05) is 18.8 Å². The first-order valence-electron chi connectivity index (χ1n) is 4.95. The van der Waals surface area contributed by atoms with Crippen molar-refractivity contribution in [3.05, 3.63) is 12.3 Å². The van der Waals surface area contributed by atoms with E-state index in [1.807, 2.05) is 0 Å². The Labute approximate surface area is 90.5 Å². The Balaban J connectivity index is 2.23. The zero-order valence-electron chi connectivity index (χ0n) is 8.68. The van der Waals surface area contributed by atoms with Gasteiger partial charge in [-0.1, -0.05) is 6.58 Å². The van der Waals surface area contributed by atoms with Gasteiger partial charge >= 0.3 is 0 Å². The van der Waals surface area contributed by atoms with Crippen LogP contribution in [0, 0.1) is 0 Å². The van der Waals surface area contributed by atoms with Gasteiger partial charge in [-0.3, -0.25) is 4.55 Å². The molecule has 15 heavy (non-hydrogen) atoms. The van der Waals surface area contributed by atoms with Crippen LogP contribution in [0.25, 0.3) is 0 Å². The van der Waals surface area contributed by atoms with Gasteiger partial charge in [-0.2, -0.15) is 8.42 Å². The van der Waals surface area contributed by atoms with Crippen LogP contribution in [0.3, 0.4) is 0 Å². The van der Waals surface area contributed by atoms with E-state index in [-0.39, 0.29) is 5.75 Å². The summed E-state index contributed by atoms with van der Waals surface area (Å²) in [5.41, 5.74) is 0.918. The second-order valence-electron chi connectivity index (χ2n) is 3.56. The molecule has 0 bridgehead atoms. The van der Waals surface area contributed by atoms with Gasteiger partial charge in [-0.05, 0) is 12.8 Å². The summed E-state index contributed by atoms with van der Waals surface area (Å²) < 4.78 is 34.7. The number of ether oxygens (including phenoxy) is 1. The molecule has 1 saturated heterocycles. The molecule has 0 aromatic carbocycles. The highest BCUT2D eigenvalue weighted by molar-refractivity contribution is 7.85. The molecule has 0 amide bonds. The number of rotatable bonds is 5. The molecule has 88 valence electrons. The van der Waals surface area contributed by atoms with Crippen molar-refractivity contribution >= 4 is 10.1 Å². The molecule has 0 unspecified atom stereocenters. The van der Waals surface area contributed by atoms with Crippen molar-refractivity contribution in [2.45, 2.75) is 12.8 Å². The van der Waals surface area contributed by atoms with Gasteiger partial charge in [0.05, 0.1) is 19.0 Å². The van der Waals surface area contributed by atoms with Crippen molar-refractivity contribution < 1.29 is 17.7 Å². The molecule has 0 aromatic rings. The zero-order chi connectivity index (χ0) is 11.3. The van der Waals surface area contributed by atoms with Gasteiger partial charge in [-0.15, -0.1) is 0 Å². The molecule has 5 nitrogen and oxygen atoms in total. The van der Waals surface area contributed by atoms with Crippen molar-refractivity contribution in [1.29, 1.82) is 0 Å². The summed E-state index contributed by atoms with van der Waals surface area (Å²) in [6, 6.07) is 0. The quantitative estimate of drug-likeness (QED) is 0.703. The van der Waals surface area contributed by atoms with E-state index in [1.54, 1.807) is 0 Å². The lowest BCUT2D eigenvalue weighted by atomic mass is 10.2. The second-order valence-corrected chi connectivity index (χ2v) is 5.13. The van der Waals surface area contributed by atoms with E-state index in [0.29, 0.717) is 26.1 Å². The van der Waals surface area contributed by atoms with Crippen LogP contribution >= 0.6 is 0 Å². The Morgan fingerprint density at radius 2 is 2.00 bits per heavy atom. The normalized spacial score (nSPS) is 17.8. The molecule has 0 spiro atoms. The molecule has 1 fully saturated rings. The SMILES string of the molecule is C=C(CCCS(=O)(=O)O)N1CCOCC1. The minimum Gasteiger partial charge on any atom is -0.378 e. The highest BCUT2D eigenvalue weighted by atomic mass is 32.2. The average Bonchev–Trinajstić information content (AvgIpc) is 2.17. The maximum atomic E-state index is 10.5. The molecule has 1 heterocycles. The maximum absolute atomic E-state index is 10.5. The summed E-state index contributed by atoms with van der Waals surface area (Å²) >= 11 is 0. The minimum absolute atomic E-state index is 0.198. The highest BCUT2D eigenvalue weighted by Crippen LogP contribution is 2.11. The smallest absolute Gasteiger partial charge is 0.264 e. The van der Waals surface area contributed by atoms with Crippen LogP contribution in [0.4, 0.5) is 0 Å². The molecule has 1 N–H and O–H groups in total. The molecular formula is C9H17NO4S. The minimum atomic E-state index is -3.83. The molecule has 0 radical (unpaired) electrons. The lowest BCUT2D eigenvalue weighted by Gasteiger charge is -2.30. The highest BCUT2D eigenvalue weighted by Gasteiger charge is 2.12.